The van der Waals surface area contributed by atoms with E-state index in [4.69, 9.17) is 4.74 Å². The molecule has 5 aromatic rings. The quantitative estimate of drug-likeness (QED) is 0.0799. The van der Waals surface area contributed by atoms with Crippen LogP contribution in [0.25, 0.3) is 10.9 Å². The number of aryl methyl sites for hydroxylation is 2. The van der Waals surface area contributed by atoms with E-state index < -0.39 is 33.4 Å². The zero-order valence-corrected chi connectivity index (χ0v) is 28.0. The number of Topliss-reactive ketones (excluding diaryl/α,β-unsaturated/α-hetero) is 1. The van der Waals surface area contributed by atoms with Crippen molar-refractivity contribution in [3.63, 3.8) is 0 Å². The molecule has 8 nitrogen and oxygen atoms in total. The number of cyclic esters (lactones) is 1. The molecule has 0 N–H and O–H groups in total. The summed E-state index contributed by atoms with van der Waals surface area (Å²) in [5, 5.41) is 0.426. The van der Waals surface area contributed by atoms with Gasteiger partial charge in [0.05, 0.1) is 11.2 Å². The Balaban J connectivity index is 1.24. The van der Waals surface area contributed by atoms with E-state index in [0.29, 0.717) is 48.9 Å². The van der Waals surface area contributed by atoms with Crippen molar-refractivity contribution in [3.8, 4) is 0 Å². The maximum Gasteiger partial charge on any atom is 0.317 e. The van der Waals surface area contributed by atoms with E-state index in [1.165, 1.54) is 13.2 Å². The summed E-state index contributed by atoms with van der Waals surface area (Å²) in [6, 6.07) is 34.2. The number of aromatic nitrogens is 2. The fourth-order valence-electron chi connectivity index (χ4n) is 6.65. The van der Waals surface area contributed by atoms with Gasteiger partial charge in [0.15, 0.2) is 5.78 Å². The fourth-order valence-corrected chi connectivity index (χ4v) is 7.69. The smallest absolute Gasteiger partial charge is 0.317 e. The van der Waals surface area contributed by atoms with E-state index in [-0.39, 0.29) is 17.4 Å². The van der Waals surface area contributed by atoms with Crippen molar-refractivity contribution in [1.82, 2.24) is 9.97 Å². The van der Waals surface area contributed by atoms with Crippen molar-refractivity contribution >= 4 is 38.4 Å². The molecule has 1 saturated heterocycles. The summed E-state index contributed by atoms with van der Waals surface area (Å²) in [5.41, 5.74) is 2.92. The van der Waals surface area contributed by atoms with Crippen LogP contribution in [-0.4, -0.2) is 42.8 Å². The van der Waals surface area contributed by atoms with Gasteiger partial charge in [-0.25, -0.2) is 9.97 Å². The van der Waals surface area contributed by atoms with Crippen LogP contribution < -0.4 is 4.31 Å². The Bertz CT molecular complexity index is 1950. The summed E-state index contributed by atoms with van der Waals surface area (Å²) in [6.07, 6.45) is 4.56. The van der Waals surface area contributed by atoms with Gasteiger partial charge in [-0.2, -0.15) is 8.42 Å². The molecule has 246 valence electrons. The number of benzene rings is 4. The van der Waals surface area contributed by atoms with E-state index in [1.54, 1.807) is 30.3 Å². The van der Waals surface area contributed by atoms with Crippen molar-refractivity contribution in [2.45, 2.75) is 62.1 Å². The summed E-state index contributed by atoms with van der Waals surface area (Å²) in [7, 11) is -2.65. The van der Waals surface area contributed by atoms with Crippen LogP contribution in [0.2, 0.25) is 0 Å². The number of carbonyl (C=O) groups excluding carboxylic acids is 2. The minimum absolute atomic E-state index is 0.132. The van der Waals surface area contributed by atoms with E-state index in [0.717, 1.165) is 20.8 Å². The number of nitrogens with zero attached hydrogens (tertiary/aromatic N) is 3. The first kappa shape index (κ1) is 33.0. The van der Waals surface area contributed by atoms with Crippen molar-refractivity contribution in [2.75, 3.05) is 11.4 Å². The molecule has 1 aromatic heterocycles. The first-order valence-electron chi connectivity index (χ1n) is 16.3. The number of rotatable bonds is 12. The second kappa shape index (κ2) is 14.1. The van der Waals surface area contributed by atoms with Crippen molar-refractivity contribution in [2.24, 2.45) is 5.92 Å². The lowest BCUT2D eigenvalue weighted by Gasteiger charge is -2.41. The summed E-state index contributed by atoms with van der Waals surface area (Å²) in [6.45, 7) is 1.92. The van der Waals surface area contributed by atoms with Gasteiger partial charge >= 0.3 is 5.97 Å². The molecule has 1 aliphatic rings. The molecule has 0 amide bonds. The van der Waals surface area contributed by atoms with Crippen molar-refractivity contribution < 1.29 is 22.7 Å². The second-order valence-corrected chi connectivity index (χ2v) is 14.4. The number of para-hydroxylation sites is 1. The van der Waals surface area contributed by atoms with Crippen molar-refractivity contribution in [3.05, 3.63) is 132 Å². The third-order valence-electron chi connectivity index (χ3n) is 9.40. The molecule has 1 aliphatic heterocycles. The van der Waals surface area contributed by atoms with Crippen molar-refractivity contribution in [1.29, 1.82) is 0 Å². The summed E-state index contributed by atoms with van der Waals surface area (Å²) in [5.74, 6) is -2.14. The summed E-state index contributed by atoms with van der Waals surface area (Å²) >= 11 is 0. The maximum absolute atomic E-state index is 14.1. The molecular weight excluding hydrogens is 623 g/mol. The molecule has 0 saturated carbocycles. The summed E-state index contributed by atoms with van der Waals surface area (Å²) < 4.78 is 34.7. The number of ether oxygens (including phenoxy) is 1. The van der Waals surface area contributed by atoms with Crippen LogP contribution >= 0.6 is 0 Å². The molecular formula is C39H39N3O5S. The fraction of sp³-hybridized carbons (Fsp3) is 0.282. The lowest BCUT2D eigenvalue weighted by atomic mass is 9.73. The SMILES string of the molecule is CCC(c1cccc(N(C)S(=O)(=O)c2ncc3ccccc3n2)c1)C1C(=O)CC(CCc2ccccc2)(CCc2ccccc2)OC1=O. The van der Waals surface area contributed by atoms with Crippen LogP contribution in [0.15, 0.2) is 121 Å². The van der Waals surface area contributed by atoms with Crippen LogP contribution in [0.1, 0.15) is 55.2 Å². The normalized spacial score (nSPS) is 16.8. The standard InChI is InChI=1S/C39H39N3O5S/c1-3-33(30-18-12-19-32(25-30)42(2)48(45,46)38-40-27-31-17-10-11-20-34(31)41-38)36-35(43)26-39(47-37(36)44,23-21-28-13-6-4-7-14-28)24-22-29-15-8-5-9-16-29/h4-20,25,27,33,36H,3,21-24,26H2,1-2H3. The Morgan fingerprint density at radius 3 is 2.10 bits per heavy atom. The Morgan fingerprint density at radius 2 is 1.48 bits per heavy atom. The second-order valence-electron chi connectivity index (χ2n) is 12.5. The van der Waals surface area contributed by atoms with Crippen LogP contribution in [0, 0.1) is 5.92 Å². The highest BCUT2D eigenvalue weighted by Gasteiger charge is 2.49. The van der Waals surface area contributed by atoms with Gasteiger partial charge in [0.25, 0.3) is 15.2 Å². The molecule has 2 heterocycles. The molecule has 0 radical (unpaired) electrons. The number of ketones is 1. The molecule has 0 aliphatic carbocycles. The molecule has 2 unspecified atom stereocenters. The number of esters is 1. The molecule has 0 spiro atoms. The highest BCUT2D eigenvalue weighted by molar-refractivity contribution is 7.92. The number of sulfonamides is 1. The monoisotopic (exact) mass is 661 g/mol. The predicted molar refractivity (Wildman–Crippen MR) is 186 cm³/mol. The van der Waals surface area contributed by atoms with E-state index in [9.17, 15) is 18.0 Å². The van der Waals surface area contributed by atoms with Crippen LogP contribution in [0.5, 0.6) is 0 Å². The van der Waals surface area contributed by atoms with Gasteiger partial charge in [0.1, 0.15) is 11.5 Å². The van der Waals surface area contributed by atoms with Crippen LogP contribution in [0.3, 0.4) is 0 Å². The Kier molecular flexibility index (Phi) is 9.68. The minimum Gasteiger partial charge on any atom is -0.458 e. The number of fused-ring (bicyclic) bond motifs is 1. The third-order valence-corrected chi connectivity index (χ3v) is 11.0. The summed E-state index contributed by atoms with van der Waals surface area (Å²) in [4.78, 5) is 36.4. The first-order chi connectivity index (χ1) is 23.2. The lowest BCUT2D eigenvalue weighted by molar-refractivity contribution is -0.180. The highest BCUT2D eigenvalue weighted by atomic mass is 32.2. The average Bonchev–Trinajstić information content (AvgIpc) is 3.12. The number of hydrogen-bond donors (Lipinski definition) is 0. The molecule has 6 rings (SSSR count). The van der Waals surface area contributed by atoms with E-state index in [1.807, 2.05) is 85.8 Å². The van der Waals surface area contributed by atoms with Gasteiger partial charge in [-0.1, -0.05) is 97.9 Å². The van der Waals surface area contributed by atoms with Crippen LogP contribution in [0.4, 0.5) is 5.69 Å². The topological polar surface area (TPSA) is 107 Å². The van der Waals surface area contributed by atoms with Gasteiger partial charge in [0.2, 0.25) is 0 Å². The van der Waals surface area contributed by atoms with Gasteiger partial charge in [-0.05, 0) is 67.0 Å². The first-order valence-corrected chi connectivity index (χ1v) is 17.8. The highest BCUT2D eigenvalue weighted by Crippen LogP contribution is 2.41. The molecule has 9 heteroatoms. The Morgan fingerprint density at radius 1 is 0.854 bits per heavy atom. The van der Waals surface area contributed by atoms with Gasteiger partial charge in [-0.15, -0.1) is 0 Å². The predicted octanol–water partition coefficient (Wildman–Crippen LogP) is 7.09. The lowest BCUT2D eigenvalue weighted by Crippen LogP contribution is -2.49. The van der Waals surface area contributed by atoms with E-state index in [2.05, 4.69) is 9.97 Å². The maximum atomic E-state index is 14.1. The average molecular weight is 662 g/mol. The molecule has 0 bridgehead atoms. The molecule has 48 heavy (non-hydrogen) atoms. The van der Waals surface area contributed by atoms with E-state index >= 15 is 0 Å². The number of carbonyl (C=O) groups is 2. The third kappa shape index (κ3) is 7.01. The largest absolute Gasteiger partial charge is 0.458 e. The molecule has 1 fully saturated rings. The Hall–Kier alpha value is -4.89. The minimum atomic E-state index is -4.10. The van der Waals surface area contributed by atoms with Gasteiger partial charge < -0.3 is 4.74 Å². The Labute approximate surface area is 281 Å². The number of hydrogen-bond acceptors (Lipinski definition) is 7. The zero-order chi connectivity index (χ0) is 33.7. The molecule has 2 atom stereocenters. The zero-order valence-electron chi connectivity index (χ0n) is 27.2. The van der Waals surface area contributed by atoms with Gasteiger partial charge in [-0.3, -0.25) is 13.9 Å². The van der Waals surface area contributed by atoms with Gasteiger partial charge in [0, 0.05) is 31.0 Å². The van der Waals surface area contributed by atoms with Crippen LogP contribution in [-0.2, 0) is 37.2 Å². The molecule has 4 aromatic carbocycles. The number of anilines is 1.